The van der Waals surface area contributed by atoms with Gasteiger partial charge in [0, 0.05) is 22.0 Å². The number of nitrogens with zero attached hydrogens (tertiary/aromatic N) is 2. The Morgan fingerprint density at radius 3 is 2.30 bits per heavy atom. The number of carbonyl (C=O) groups is 4. The van der Waals surface area contributed by atoms with Gasteiger partial charge in [0.2, 0.25) is 27.7 Å². The van der Waals surface area contributed by atoms with Gasteiger partial charge in [0.05, 0.1) is 33.7 Å². The van der Waals surface area contributed by atoms with E-state index < -0.39 is 62.2 Å². The molecule has 0 saturated carbocycles. The van der Waals surface area contributed by atoms with E-state index in [9.17, 15) is 37.5 Å². The van der Waals surface area contributed by atoms with Crippen molar-refractivity contribution in [1.29, 1.82) is 0 Å². The number of thioether (sulfide) groups is 1. The first-order valence-corrected chi connectivity index (χ1v) is 17.4. The van der Waals surface area contributed by atoms with Gasteiger partial charge in [-0.25, -0.2) is 23.3 Å². The van der Waals surface area contributed by atoms with Gasteiger partial charge in [-0.3, -0.25) is 23.7 Å². The summed E-state index contributed by atoms with van der Waals surface area (Å²) < 4.78 is 29.3. The zero-order valence-electron chi connectivity index (χ0n) is 24.5. The van der Waals surface area contributed by atoms with Gasteiger partial charge in [-0.1, -0.05) is 41.3 Å². The topological polar surface area (TPSA) is 195 Å². The second-order valence-corrected chi connectivity index (χ2v) is 14.3. The third-order valence-corrected chi connectivity index (χ3v) is 11.3. The van der Waals surface area contributed by atoms with Crippen molar-refractivity contribution in [1.82, 2.24) is 4.57 Å². The highest BCUT2D eigenvalue weighted by molar-refractivity contribution is 8.00. The van der Waals surface area contributed by atoms with Gasteiger partial charge in [0.1, 0.15) is 17.5 Å². The smallest absolute Gasteiger partial charge is 0.338 e. The number of phenolic OH excluding ortho intramolecular Hbond substituents is 1. The van der Waals surface area contributed by atoms with Crippen LogP contribution < -0.4 is 20.2 Å². The minimum absolute atomic E-state index is 0.125. The second-order valence-electron chi connectivity index (χ2n) is 10.6. The summed E-state index contributed by atoms with van der Waals surface area (Å²) in [6.07, 6.45) is 0. The van der Waals surface area contributed by atoms with E-state index in [4.69, 9.17) is 9.88 Å². The van der Waals surface area contributed by atoms with Crippen LogP contribution in [-0.2, 0) is 35.7 Å². The average Bonchev–Trinajstić information content (AvgIpc) is 3.47. The number of nitrogens with one attached hydrogen (secondary N) is 1. The highest BCUT2D eigenvalue weighted by atomic mass is 32.2. The number of nitrogens with two attached hydrogens (primary N) is 1. The van der Waals surface area contributed by atoms with Crippen LogP contribution in [0.2, 0.25) is 0 Å². The van der Waals surface area contributed by atoms with Crippen LogP contribution in [0.1, 0.15) is 33.6 Å². The van der Waals surface area contributed by atoms with E-state index in [0.717, 1.165) is 28.0 Å². The van der Waals surface area contributed by atoms with Crippen molar-refractivity contribution in [2.45, 2.75) is 34.6 Å². The summed E-state index contributed by atoms with van der Waals surface area (Å²) in [7, 11) is -3.93. The number of hydrogen-bond donors (Lipinski definition) is 3. The predicted octanol–water partition coefficient (Wildman–Crippen LogP) is 2.87. The Labute approximate surface area is 276 Å². The molecule has 4 aromatic rings. The highest BCUT2D eigenvalue weighted by Crippen LogP contribution is 2.55. The third-order valence-electron chi connectivity index (χ3n) is 7.73. The zero-order valence-corrected chi connectivity index (χ0v) is 26.9. The van der Waals surface area contributed by atoms with E-state index >= 15 is 0 Å². The molecule has 1 fully saturated rings. The van der Waals surface area contributed by atoms with E-state index in [-0.39, 0.29) is 34.2 Å². The zero-order chi connectivity index (χ0) is 33.6. The number of anilines is 2. The molecule has 3 amide bonds. The number of aromatic hydroxyl groups is 1. The van der Waals surface area contributed by atoms with Crippen LogP contribution in [0.4, 0.5) is 11.4 Å². The number of fused-ring (bicyclic) bond motifs is 2. The predicted molar refractivity (Wildman–Crippen MR) is 173 cm³/mol. The maximum Gasteiger partial charge on any atom is 0.338 e. The number of aromatic nitrogens is 1. The number of para-hydroxylation sites is 1. The Hall–Kier alpha value is -4.77. The summed E-state index contributed by atoms with van der Waals surface area (Å²) in [5, 5.41) is 17.9. The molecule has 2 aliphatic heterocycles. The van der Waals surface area contributed by atoms with Crippen LogP contribution in [0.3, 0.4) is 0 Å². The summed E-state index contributed by atoms with van der Waals surface area (Å²) >= 11 is 1.82. The Balaban J connectivity index is 1.35. The average molecular weight is 695 g/mol. The first-order chi connectivity index (χ1) is 22.4. The molecule has 3 atom stereocenters. The SMILES string of the molecule is CCOC(=O)c1ccc(N2C(=O)C3Sc4c(sc(=O)n4CC(=O)Nc4ccc(S(N)(=O)=O)cc4)C(c4ccccc4O)C3C2=O)cc1. The van der Waals surface area contributed by atoms with E-state index in [0.29, 0.717) is 15.5 Å². The van der Waals surface area contributed by atoms with Crippen molar-refractivity contribution < 1.29 is 37.4 Å². The Bertz CT molecular complexity index is 2090. The molecule has 47 heavy (non-hydrogen) atoms. The Morgan fingerprint density at radius 2 is 1.66 bits per heavy atom. The number of esters is 1. The van der Waals surface area contributed by atoms with Gasteiger partial charge in [0.15, 0.2) is 0 Å². The van der Waals surface area contributed by atoms with Crippen LogP contribution in [0.5, 0.6) is 5.75 Å². The van der Waals surface area contributed by atoms with Crippen LogP contribution in [0.15, 0.2) is 87.5 Å². The number of ether oxygens (including phenoxy) is 1. The number of hydrogen-bond acceptors (Lipinski definition) is 11. The van der Waals surface area contributed by atoms with E-state index in [1.54, 1.807) is 25.1 Å². The minimum Gasteiger partial charge on any atom is -0.508 e. The van der Waals surface area contributed by atoms with Gasteiger partial charge < -0.3 is 15.2 Å². The summed E-state index contributed by atoms with van der Waals surface area (Å²) in [5.41, 5.74) is 1.10. The molecule has 1 aromatic heterocycles. The van der Waals surface area contributed by atoms with Crippen LogP contribution in [-0.4, -0.2) is 53.6 Å². The molecule has 0 bridgehead atoms. The molecule has 242 valence electrons. The highest BCUT2D eigenvalue weighted by Gasteiger charge is 2.57. The largest absolute Gasteiger partial charge is 0.508 e. The molecule has 2 aliphatic rings. The molecule has 6 rings (SSSR count). The standard InChI is InChI=1S/C31H26N4O9S3/c1-2-44-30(40)16-7-11-18(12-8-16)35-27(38)24-23(20-5-3-4-6-21(20)36)26-29(45-25(24)28(35)39)34(31(41)46-26)15-22(37)33-17-9-13-19(14-10-17)47(32,42)43/h3-14,23-25,36H,2,15H2,1H3,(H,33,37)(H2,32,42,43). The number of benzene rings is 3. The van der Waals surface area contributed by atoms with E-state index in [1.807, 2.05) is 0 Å². The van der Waals surface area contributed by atoms with Crippen molar-refractivity contribution in [2.24, 2.45) is 11.1 Å². The number of imide groups is 1. The van der Waals surface area contributed by atoms with Gasteiger partial charge in [0.25, 0.3) is 0 Å². The molecular formula is C31H26N4O9S3. The first-order valence-electron chi connectivity index (χ1n) is 14.1. The molecule has 0 radical (unpaired) electrons. The van der Waals surface area contributed by atoms with Gasteiger partial charge >= 0.3 is 10.8 Å². The van der Waals surface area contributed by atoms with E-state index in [2.05, 4.69) is 5.32 Å². The van der Waals surface area contributed by atoms with Crippen molar-refractivity contribution in [3.63, 3.8) is 0 Å². The van der Waals surface area contributed by atoms with Crippen molar-refractivity contribution in [3.8, 4) is 5.75 Å². The lowest BCUT2D eigenvalue weighted by molar-refractivity contribution is -0.122. The van der Waals surface area contributed by atoms with Crippen molar-refractivity contribution in [2.75, 3.05) is 16.8 Å². The van der Waals surface area contributed by atoms with Gasteiger partial charge in [-0.15, -0.1) is 0 Å². The maximum atomic E-state index is 14.1. The number of sulfonamides is 1. The van der Waals surface area contributed by atoms with Crippen molar-refractivity contribution in [3.05, 3.63) is 98.5 Å². The monoisotopic (exact) mass is 694 g/mol. The summed E-state index contributed by atoms with van der Waals surface area (Å²) in [6, 6.07) is 17.4. The lowest BCUT2D eigenvalue weighted by Gasteiger charge is -2.31. The number of phenols is 1. The lowest BCUT2D eigenvalue weighted by Crippen LogP contribution is -2.33. The molecule has 4 N–H and O–H groups in total. The fourth-order valence-electron chi connectivity index (χ4n) is 5.63. The number of thiazole rings is 1. The summed E-state index contributed by atoms with van der Waals surface area (Å²) in [5.74, 6) is -4.24. The molecule has 0 aliphatic carbocycles. The fourth-order valence-corrected chi connectivity index (χ4v) is 8.91. The molecule has 3 aromatic carbocycles. The van der Waals surface area contributed by atoms with Crippen LogP contribution >= 0.6 is 23.1 Å². The molecule has 3 unspecified atom stereocenters. The molecular weight excluding hydrogens is 669 g/mol. The van der Waals surface area contributed by atoms with Gasteiger partial charge in [-0.2, -0.15) is 0 Å². The minimum atomic E-state index is -3.93. The summed E-state index contributed by atoms with van der Waals surface area (Å²) in [4.78, 5) is 67.4. The quantitative estimate of drug-likeness (QED) is 0.182. The lowest BCUT2D eigenvalue weighted by atomic mass is 9.82. The summed E-state index contributed by atoms with van der Waals surface area (Å²) in [6.45, 7) is 1.42. The molecule has 3 heterocycles. The molecule has 0 spiro atoms. The normalized spacial score (nSPS) is 18.9. The molecule has 16 heteroatoms. The molecule has 1 saturated heterocycles. The first kappa shape index (κ1) is 32.2. The third kappa shape index (κ3) is 5.95. The number of carbonyl (C=O) groups excluding carboxylic acids is 4. The molecule has 13 nitrogen and oxygen atoms in total. The van der Waals surface area contributed by atoms with Gasteiger partial charge in [-0.05, 0) is 61.5 Å². The second kappa shape index (κ2) is 12.4. The Morgan fingerprint density at radius 1 is 0.979 bits per heavy atom. The van der Waals surface area contributed by atoms with Crippen LogP contribution in [0.25, 0.3) is 0 Å². The fraction of sp³-hybridized carbons (Fsp3) is 0.194. The van der Waals surface area contributed by atoms with E-state index in [1.165, 1.54) is 59.2 Å². The number of rotatable bonds is 8. The van der Waals surface area contributed by atoms with Crippen LogP contribution in [0, 0.1) is 5.92 Å². The van der Waals surface area contributed by atoms with Crippen molar-refractivity contribution >= 4 is 68.2 Å². The Kier molecular flexibility index (Phi) is 8.52. The maximum absolute atomic E-state index is 14.1. The number of amides is 3. The number of primary sulfonamides is 1.